The average molecular weight is 505 g/mol. The standard InChI is InChI=1S/C19H28FN5O2.HI/c1-13(2)18-24-17(27-25-18)6-5-11-22-19(21-4)23-12-14(3)26-16-9-7-15(20)8-10-16;/h7-10,13-14H,5-6,11-12H2,1-4H3,(H2,21,22,23);1H. The molecule has 0 amide bonds. The highest BCUT2D eigenvalue weighted by molar-refractivity contribution is 14.0. The van der Waals surface area contributed by atoms with Crippen LogP contribution >= 0.6 is 24.0 Å². The van der Waals surface area contributed by atoms with Crippen LogP contribution in [0, 0.1) is 5.82 Å². The van der Waals surface area contributed by atoms with Gasteiger partial charge in [0.1, 0.15) is 17.7 Å². The van der Waals surface area contributed by atoms with E-state index in [1.807, 2.05) is 20.8 Å². The van der Waals surface area contributed by atoms with Gasteiger partial charge in [0.15, 0.2) is 11.8 Å². The number of rotatable bonds is 9. The Kier molecular flexibility index (Phi) is 10.8. The van der Waals surface area contributed by atoms with Crippen molar-refractivity contribution in [3.8, 4) is 5.75 Å². The Morgan fingerprint density at radius 3 is 2.54 bits per heavy atom. The van der Waals surface area contributed by atoms with Crippen LogP contribution in [-0.4, -0.2) is 42.3 Å². The van der Waals surface area contributed by atoms with Crippen molar-refractivity contribution in [1.29, 1.82) is 0 Å². The van der Waals surface area contributed by atoms with Crippen molar-refractivity contribution in [2.75, 3.05) is 20.1 Å². The van der Waals surface area contributed by atoms with Crippen LogP contribution < -0.4 is 15.4 Å². The molecule has 7 nitrogen and oxygen atoms in total. The van der Waals surface area contributed by atoms with Crippen LogP contribution in [0.15, 0.2) is 33.8 Å². The number of hydrogen-bond donors (Lipinski definition) is 2. The zero-order valence-corrected chi connectivity index (χ0v) is 19.1. The molecule has 0 spiro atoms. The minimum absolute atomic E-state index is 0. The predicted octanol–water partition coefficient (Wildman–Crippen LogP) is 3.52. The Labute approximate surface area is 182 Å². The molecule has 0 bridgehead atoms. The minimum atomic E-state index is -0.279. The summed E-state index contributed by atoms with van der Waals surface area (Å²) in [5.41, 5.74) is 0. The molecule has 156 valence electrons. The minimum Gasteiger partial charge on any atom is -0.489 e. The van der Waals surface area contributed by atoms with Crippen LogP contribution in [0.5, 0.6) is 5.75 Å². The lowest BCUT2D eigenvalue weighted by Gasteiger charge is -2.17. The van der Waals surface area contributed by atoms with Crippen LogP contribution in [0.1, 0.15) is 44.8 Å². The zero-order chi connectivity index (χ0) is 19.6. The van der Waals surface area contributed by atoms with E-state index in [4.69, 9.17) is 9.26 Å². The molecule has 1 heterocycles. The van der Waals surface area contributed by atoms with Gasteiger partial charge >= 0.3 is 0 Å². The first-order chi connectivity index (χ1) is 13.0. The van der Waals surface area contributed by atoms with E-state index in [0.717, 1.165) is 18.8 Å². The molecule has 0 aliphatic rings. The van der Waals surface area contributed by atoms with Gasteiger partial charge in [0, 0.05) is 25.9 Å². The molecule has 1 aromatic heterocycles. The van der Waals surface area contributed by atoms with E-state index in [-0.39, 0.29) is 41.8 Å². The SMILES string of the molecule is CN=C(NCCCc1nc(C(C)C)no1)NCC(C)Oc1ccc(F)cc1.I. The Morgan fingerprint density at radius 1 is 1.21 bits per heavy atom. The second kappa shape index (κ2) is 12.5. The third-order valence-electron chi connectivity index (χ3n) is 3.79. The molecule has 0 saturated carbocycles. The number of ether oxygens (including phenoxy) is 1. The summed E-state index contributed by atoms with van der Waals surface area (Å²) >= 11 is 0. The highest BCUT2D eigenvalue weighted by Gasteiger charge is 2.09. The summed E-state index contributed by atoms with van der Waals surface area (Å²) in [7, 11) is 1.72. The molecular weight excluding hydrogens is 476 g/mol. The molecule has 0 fully saturated rings. The molecule has 2 aromatic rings. The molecular formula is C19H29FIN5O2. The van der Waals surface area contributed by atoms with Crippen molar-refractivity contribution < 1.29 is 13.7 Å². The Hall–Kier alpha value is -1.91. The van der Waals surface area contributed by atoms with E-state index in [1.165, 1.54) is 12.1 Å². The third kappa shape index (κ3) is 8.41. The maximum atomic E-state index is 12.9. The summed E-state index contributed by atoms with van der Waals surface area (Å²) < 4.78 is 23.9. The van der Waals surface area contributed by atoms with Gasteiger partial charge in [-0.3, -0.25) is 4.99 Å². The maximum Gasteiger partial charge on any atom is 0.226 e. The van der Waals surface area contributed by atoms with Crippen LogP contribution in [0.2, 0.25) is 0 Å². The fraction of sp³-hybridized carbons (Fsp3) is 0.526. The van der Waals surface area contributed by atoms with Gasteiger partial charge in [-0.2, -0.15) is 4.98 Å². The molecule has 2 N–H and O–H groups in total. The van der Waals surface area contributed by atoms with Crippen molar-refractivity contribution in [2.24, 2.45) is 4.99 Å². The average Bonchev–Trinajstić information content (AvgIpc) is 3.12. The van der Waals surface area contributed by atoms with Crippen LogP contribution in [0.4, 0.5) is 4.39 Å². The van der Waals surface area contributed by atoms with E-state index in [9.17, 15) is 4.39 Å². The number of benzene rings is 1. The summed E-state index contributed by atoms with van der Waals surface area (Å²) in [6.45, 7) is 7.30. The first kappa shape index (κ1) is 24.1. The molecule has 0 aliphatic carbocycles. The normalized spacial score (nSPS) is 12.4. The topological polar surface area (TPSA) is 84.6 Å². The van der Waals surface area contributed by atoms with Gasteiger partial charge in [0.25, 0.3) is 0 Å². The first-order valence-electron chi connectivity index (χ1n) is 9.17. The summed E-state index contributed by atoms with van der Waals surface area (Å²) in [6, 6.07) is 5.98. The van der Waals surface area contributed by atoms with E-state index in [1.54, 1.807) is 19.2 Å². The van der Waals surface area contributed by atoms with Crippen LogP contribution in [-0.2, 0) is 6.42 Å². The first-order valence-corrected chi connectivity index (χ1v) is 9.17. The summed E-state index contributed by atoms with van der Waals surface area (Å²) in [5.74, 6) is 2.71. The second-order valence-electron chi connectivity index (χ2n) is 6.57. The van der Waals surface area contributed by atoms with Gasteiger partial charge < -0.3 is 19.9 Å². The molecule has 28 heavy (non-hydrogen) atoms. The quantitative estimate of drug-likeness (QED) is 0.235. The van der Waals surface area contributed by atoms with Gasteiger partial charge in [-0.05, 0) is 37.6 Å². The molecule has 0 radical (unpaired) electrons. The van der Waals surface area contributed by atoms with Gasteiger partial charge in [0.2, 0.25) is 5.89 Å². The van der Waals surface area contributed by atoms with Crippen molar-refractivity contribution >= 4 is 29.9 Å². The van der Waals surface area contributed by atoms with E-state index in [0.29, 0.717) is 30.6 Å². The van der Waals surface area contributed by atoms with Crippen LogP contribution in [0.3, 0.4) is 0 Å². The largest absolute Gasteiger partial charge is 0.489 e. The van der Waals surface area contributed by atoms with Crippen molar-refractivity contribution in [3.05, 3.63) is 41.8 Å². The second-order valence-corrected chi connectivity index (χ2v) is 6.57. The molecule has 1 atom stereocenters. The molecule has 2 rings (SSSR count). The van der Waals surface area contributed by atoms with Gasteiger partial charge in [0.05, 0.1) is 6.54 Å². The van der Waals surface area contributed by atoms with Crippen LogP contribution in [0.25, 0.3) is 0 Å². The Bertz CT molecular complexity index is 721. The molecule has 0 aliphatic heterocycles. The van der Waals surface area contributed by atoms with E-state index in [2.05, 4.69) is 25.8 Å². The number of aliphatic imine (C=N–C) groups is 1. The molecule has 1 aromatic carbocycles. The highest BCUT2D eigenvalue weighted by atomic mass is 127. The fourth-order valence-electron chi connectivity index (χ4n) is 2.30. The lowest BCUT2D eigenvalue weighted by Crippen LogP contribution is -2.42. The number of guanidine groups is 1. The number of nitrogens with zero attached hydrogens (tertiary/aromatic N) is 3. The monoisotopic (exact) mass is 505 g/mol. The number of halogens is 2. The third-order valence-corrected chi connectivity index (χ3v) is 3.79. The van der Waals surface area contributed by atoms with Gasteiger partial charge in [-0.25, -0.2) is 4.39 Å². The number of nitrogens with one attached hydrogen (secondary N) is 2. The summed E-state index contributed by atoms with van der Waals surface area (Å²) in [5, 5.41) is 10.4. The number of aromatic nitrogens is 2. The lowest BCUT2D eigenvalue weighted by atomic mass is 10.2. The Balaban J connectivity index is 0.00000392. The number of hydrogen-bond acceptors (Lipinski definition) is 5. The number of aryl methyl sites for hydroxylation is 1. The van der Waals surface area contributed by atoms with Crippen molar-refractivity contribution in [2.45, 2.75) is 45.6 Å². The summed E-state index contributed by atoms with van der Waals surface area (Å²) in [4.78, 5) is 8.55. The predicted molar refractivity (Wildman–Crippen MR) is 118 cm³/mol. The van der Waals surface area contributed by atoms with Gasteiger partial charge in [-0.1, -0.05) is 19.0 Å². The Morgan fingerprint density at radius 2 is 1.93 bits per heavy atom. The fourth-order valence-corrected chi connectivity index (χ4v) is 2.30. The van der Waals surface area contributed by atoms with Gasteiger partial charge in [-0.15, -0.1) is 24.0 Å². The lowest BCUT2D eigenvalue weighted by molar-refractivity contribution is 0.223. The maximum absolute atomic E-state index is 12.9. The van der Waals surface area contributed by atoms with E-state index >= 15 is 0 Å². The highest BCUT2D eigenvalue weighted by Crippen LogP contribution is 2.13. The van der Waals surface area contributed by atoms with E-state index < -0.39 is 0 Å². The summed E-state index contributed by atoms with van der Waals surface area (Å²) in [6.07, 6.45) is 1.47. The molecule has 0 saturated heterocycles. The zero-order valence-electron chi connectivity index (χ0n) is 16.7. The van der Waals surface area contributed by atoms with Crippen molar-refractivity contribution in [3.63, 3.8) is 0 Å². The smallest absolute Gasteiger partial charge is 0.226 e. The molecule has 1 unspecified atom stereocenters. The molecule has 9 heteroatoms. The van der Waals surface area contributed by atoms with Crippen molar-refractivity contribution in [1.82, 2.24) is 20.8 Å².